The van der Waals surface area contributed by atoms with E-state index in [-0.39, 0.29) is 5.69 Å². The minimum atomic E-state index is -1.95. The Morgan fingerprint density at radius 1 is 1.15 bits per heavy atom. The molecule has 4 rings (SSSR count). The van der Waals surface area contributed by atoms with Gasteiger partial charge in [0.15, 0.2) is 29.7 Å². The van der Waals surface area contributed by atoms with Crippen molar-refractivity contribution >= 4 is 17.5 Å². The zero-order chi connectivity index (χ0) is 29.3. The van der Waals surface area contributed by atoms with Gasteiger partial charge in [-0.2, -0.15) is 0 Å². The van der Waals surface area contributed by atoms with Crippen molar-refractivity contribution in [3.63, 3.8) is 0 Å². The van der Waals surface area contributed by atoms with Crippen molar-refractivity contribution in [2.24, 2.45) is 11.7 Å². The number of aliphatic hydroxyl groups excluding tert-OH is 4. The van der Waals surface area contributed by atoms with E-state index in [9.17, 15) is 48.4 Å². The molecule has 0 spiro atoms. The predicted molar refractivity (Wildman–Crippen MR) is 126 cm³/mol. The zero-order valence-corrected chi connectivity index (χ0v) is 20.2. The smallest absolute Gasteiger partial charge is 0.330 e. The standard InChI is InChI=1S/C23H24F2N4O11/c24-10-2-1-8(5-11(10)25)27-20(36)13-6-12(31)16(34)22(38-13)40-18(19(26)35)17-9(7-30)15(33)21(39-17)29-4-3-14(32)28-23(29)37/h1-6,9,12,15-18,21-22,30-31,33-34H,7H2,(H2,26,35)(H,27,36)(H,28,32,37)/t9-,12-,15+,16-,17-,18+,21+,22+/m0/s1. The number of rotatable bonds is 8. The number of aromatic nitrogens is 2. The maximum atomic E-state index is 13.5. The molecule has 0 aliphatic carbocycles. The molecule has 216 valence electrons. The molecule has 1 saturated heterocycles. The molecule has 2 aliphatic heterocycles. The highest BCUT2D eigenvalue weighted by Gasteiger charge is 2.51. The van der Waals surface area contributed by atoms with Crippen LogP contribution in [0.3, 0.4) is 0 Å². The summed E-state index contributed by atoms with van der Waals surface area (Å²) < 4.78 is 43.9. The van der Waals surface area contributed by atoms with Gasteiger partial charge >= 0.3 is 5.69 Å². The van der Waals surface area contributed by atoms with Crippen molar-refractivity contribution in [3.05, 3.63) is 74.8 Å². The summed E-state index contributed by atoms with van der Waals surface area (Å²) in [5.41, 5.74) is 3.57. The first kappa shape index (κ1) is 29.0. The molecular formula is C23H24F2N4O11. The predicted octanol–water partition coefficient (Wildman–Crippen LogP) is -2.85. The van der Waals surface area contributed by atoms with Gasteiger partial charge < -0.3 is 45.7 Å². The van der Waals surface area contributed by atoms with Crippen LogP contribution < -0.4 is 22.3 Å². The molecule has 40 heavy (non-hydrogen) atoms. The number of halogens is 2. The monoisotopic (exact) mass is 570 g/mol. The van der Waals surface area contributed by atoms with Crippen LogP contribution in [0.25, 0.3) is 0 Å². The van der Waals surface area contributed by atoms with Gasteiger partial charge in [-0.3, -0.25) is 23.9 Å². The number of carbonyl (C=O) groups excluding carboxylic acids is 2. The molecule has 8 atom stereocenters. The van der Waals surface area contributed by atoms with E-state index in [2.05, 4.69) is 5.32 Å². The second-order valence-electron chi connectivity index (χ2n) is 8.89. The van der Waals surface area contributed by atoms with Crippen LogP contribution in [-0.2, 0) is 23.8 Å². The van der Waals surface area contributed by atoms with Crippen molar-refractivity contribution in [2.45, 2.75) is 43.0 Å². The number of H-pyrrole nitrogens is 1. The quantitative estimate of drug-likeness (QED) is 0.171. The molecule has 0 saturated carbocycles. The number of hydrogen-bond acceptors (Lipinski definition) is 11. The van der Waals surface area contributed by atoms with Crippen LogP contribution in [0.4, 0.5) is 14.5 Å². The van der Waals surface area contributed by atoms with Gasteiger partial charge in [0.25, 0.3) is 11.5 Å². The van der Waals surface area contributed by atoms with E-state index in [0.717, 1.165) is 35.0 Å². The van der Waals surface area contributed by atoms with Crippen LogP contribution in [0.15, 0.2) is 51.9 Å². The Morgan fingerprint density at radius 3 is 2.50 bits per heavy atom. The third-order valence-corrected chi connectivity index (χ3v) is 6.24. The normalized spacial score (nSPS) is 28.9. The summed E-state index contributed by atoms with van der Waals surface area (Å²) in [4.78, 5) is 50.5. The van der Waals surface area contributed by atoms with Crippen LogP contribution in [0.5, 0.6) is 0 Å². The van der Waals surface area contributed by atoms with E-state index in [0.29, 0.717) is 6.07 Å². The highest BCUT2D eigenvalue weighted by molar-refractivity contribution is 6.02. The topological polar surface area (TPSA) is 236 Å². The lowest BCUT2D eigenvalue weighted by atomic mass is 9.94. The number of benzene rings is 1. The third kappa shape index (κ3) is 5.79. The first-order valence-corrected chi connectivity index (χ1v) is 11.6. The second kappa shape index (κ2) is 11.6. The highest BCUT2D eigenvalue weighted by Crippen LogP contribution is 2.36. The first-order valence-electron chi connectivity index (χ1n) is 11.6. The molecule has 0 unspecified atom stereocenters. The van der Waals surface area contributed by atoms with Gasteiger partial charge in [-0.05, 0) is 18.2 Å². The van der Waals surface area contributed by atoms with Crippen LogP contribution in [0.2, 0.25) is 0 Å². The van der Waals surface area contributed by atoms with E-state index >= 15 is 0 Å². The molecule has 17 heteroatoms. The lowest BCUT2D eigenvalue weighted by Gasteiger charge is -2.35. The molecule has 2 amide bonds. The summed E-state index contributed by atoms with van der Waals surface area (Å²) in [6, 6.07) is 3.45. The molecule has 1 aromatic heterocycles. The Labute approximate surface area is 222 Å². The number of carbonyl (C=O) groups is 2. The van der Waals surface area contributed by atoms with Gasteiger partial charge in [0.1, 0.15) is 24.4 Å². The number of nitrogens with two attached hydrogens (primary N) is 1. The first-order chi connectivity index (χ1) is 18.9. The summed E-state index contributed by atoms with van der Waals surface area (Å²) in [6.07, 6.45) is -10.4. The number of primary amides is 1. The molecule has 1 fully saturated rings. The van der Waals surface area contributed by atoms with Gasteiger partial charge in [-0.25, -0.2) is 13.6 Å². The SMILES string of the molecule is NC(=O)[C@H](O[C@H]1OC(C(=O)Nc2ccc(F)c(F)c2)=C[C@H](O)[C@@H]1O)[C@H]1O[C@@H](n2ccc(=O)[nH]c2=O)[C@H](O)[C@@H]1CO. The number of hydrogen-bond donors (Lipinski definition) is 7. The average molecular weight is 570 g/mol. The molecule has 2 aromatic rings. The summed E-state index contributed by atoms with van der Waals surface area (Å²) in [7, 11) is 0. The average Bonchev–Trinajstić information content (AvgIpc) is 3.22. The van der Waals surface area contributed by atoms with Crippen molar-refractivity contribution < 1.29 is 53.0 Å². The lowest BCUT2D eigenvalue weighted by molar-refractivity contribution is -0.239. The van der Waals surface area contributed by atoms with Crippen molar-refractivity contribution in [2.75, 3.05) is 11.9 Å². The molecule has 0 radical (unpaired) electrons. The summed E-state index contributed by atoms with van der Waals surface area (Å²) >= 11 is 0. The summed E-state index contributed by atoms with van der Waals surface area (Å²) in [5, 5.41) is 43.4. The number of ether oxygens (including phenoxy) is 3. The Kier molecular flexibility index (Phi) is 8.43. The van der Waals surface area contributed by atoms with Crippen LogP contribution >= 0.6 is 0 Å². The Hall–Kier alpha value is -4.00. The van der Waals surface area contributed by atoms with E-state index < -0.39 is 96.0 Å². The lowest BCUT2D eigenvalue weighted by Crippen LogP contribution is -2.52. The molecule has 0 bridgehead atoms. The Bertz CT molecular complexity index is 1430. The number of aliphatic hydroxyl groups is 4. The fourth-order valence-electron chi connectivity index (χ4n) is 4.22. The fourth-order valence-corrected chi connectivity index (χ4v) is 4.22. The molecule has 15 nitrogen and oxygen atoms in total. The van der Waals surface area contributed by atoms with E-state index in [1.165, 1.54) is 0 Å². The molecule has 2 aliphatic rings. The maximum absolute atomic E-state index is 13.5. The van der Waals surface area contributed by atoms with Gasteiger partial charge in [-0.15, -0.1) is 0 Å². The third-order valence-electron chi connectivity index (χ3n) is 6.24. The zero-order valence-electron chi connectivity index (χ0n) is 20.2. The maximum Gasteiger partial charge on any atom is 0.330 e. The van der Waals surface area contributed by atoms with E-state index in [4.69, 9.17) is 19.9 Å². The number of aromatic amines is 1. The van der Waals surface area contributed by atoms with E-state index in [1.54, 1.807) is 0 Å². The van der Waals surface area contributed by atoms with Gasteiger partial charge in [-0.1, -0.05) is 0 Å². The minimum absolute atomic E-state index is 0.177. The molecule has 3 heterocycles. The van der Waals surface area contributed by atoms with Gasteiger partial charge in [0, 0.05) is 29.9 Å². The van der Waals surface area contributed by atoms with Gasteiger partial charge in [0.2, 0.25) is 12.2 Å². The van der Waals surface area contributed by atoms with Crippen molar-refractivity contribution in [3.8, 4) is 0 Å². The van der Waals surface area contributed by atoms with Crippen LogP contribution in [-0.4, -0.2) is 85.2 Å². The largest absolute Gasteiger partial charge is 0.456 e. The fraction of sp³-hybridized carbons (Fsp3) is 0.391. The molecule has 1 aromatic carbocycles. The minimum Gasteiger partial charge on any atom is -0.456 e. The van der Waals surface area contributed by atoms with Crippen molar-refractivity contribution in [1.82, 2.24) is 9.55 Å². The molecule has 8 N–H and O–H groups in total. The van der Waals surface area contributed by atoms with Crippen LogP contribution in [0, 0.1) is 17.6 Å². The second-order valence-corrected chi connectivity index (χ2v) is 8.89. The Balaban J connectivity index is 1.54. The summed E-state index contributed by atoms with van der Waals surface area (Å²) in [5.74, 6) is -6.66. The van der Waals surface area contributed by atoms with E-state index in [1.807, 2.05) is 4.98 Å². The number of anilines is 1. The Morgan fingerprint density at radius 2 is 1.88 bits per heavy atom. The number of nitrogens with zero attached hydrogens (tertiary/aromatic N) is 1. The number of nitrogens with one attached hydrogen (secondary N) is 2. The molecular weight excluding hydrogens is 546 g/mol. The summed E-state index contributed by atoms with van der Waals surface area (Å²) in [6.45, 7) is -0.800. The van der Waals surface area contributed by atoms with Crippen molar-refractivity contribution in [1.29, 1.82) is 0 Å². The number of amides is 2. The van der Waals surface area contributed by atoms with Gasteiger partial charge in [0.05, 0.1) is 6.61 Å². The highest BCUT2D eigenvalue weighted by atomic mass is 19.2. The van der Waals surface area contributed by atoms with Crippen LogP contribution in [0.1, 0.15) is 6.23 Å².